The molecule has 0 bridgehead atoms. The van der Waals surface area contributed by atoms with E-state index in [1.165, 1.54) is 42.5 Å². The van der Waals surface area contributed by atoms with Gasteiger partial charge in [0.05, 0.1) is 12.3 Å². The summed E-state index contributed by atoms with van der Waals surface area (Å²) in [6.07, 6.45) is 0. The van der Waals surface area contributed by atoms with Gasteiger partial charge in [-0.3, -0.25) is 4.79 Å². The first-order chi connectivity index (χ1) is 18.0. The molecule has 2 aromatic carbocycles. The van der Waals surface area contributed by atoms with Crippen LogP contribution in [0.4, 0.5) is 4.39 Å². The number of aromatic nitrogens is 2. The van der Waals surface area contributed by atoms with E-state index in [2.05, 4.69) is 9.97 Å². The number of hydrogen-bond acceptors (Lipinski definition) is 7. The quantitative estimate of drug-likeness (QED) is 0.345. The fraction of sp³-hybridized carbons (Fsp3) is 0.179. The number of carbonyl (C=O) groups is 1. The van der Waals surface area contributed by atoms with Crippen LogP contribution in [0.5, 0.6) is 11.6 Å². The van der Waals surface area contributed by atoms with Crippen molar-refractivity contribution in [1.82, 2.24) is 14.7 Å². The standard InChI is InChI=1S/C28H26FN3O5S/c1-16-12-17(2)26(18(3)13-16)37-28-21(27(34)32-38(35,36)25-7-5-6-19(4)30-25)9-11-24(31-28)22-14-20(15-33)8-10-23(22)29/h5-14,33H,15H2,1-4H3,(H,32,34). The minimum Gasteiger partial charge on any atom is -0.438 e. The molecule has 0 aliphatic rings. The molecule has 10 heteroatoms. The van der Waals surface area contributed by atoms with Gasteiger partial charge in [-0.25, -0.2) is 19.1 Å². The first-order valence-corrected chi connectivity index (χ1v) is 13.1. The fourth-order valence-corrected chi connectivity index (χ4v) is 5.01. The molecule has 0 aliphatic heterocycles. The van der Waals surface area contributed by atoms with Crippen LogP contribution in [0.25, 0.3) is 11.3 Å². The lowest BCUT2D eigenvalue weighted by molar-refractivity contribution is 0.0978. The first-order valence-electron chi connectivity index (χ1n) is 11.7. The molecule has 2 N–H and O–H groups in total. The number of pyridine rings is 2. The van der Waals surface area contributed by atoms with Gasteiger partial charge in [0.2, 0.25) is 5.88 Å². The fourth-order valence-electron chi connectivity index (χ4n) is 4.03. The molecule has 4 rings (SSSR count). The number of nitrogens with zero attached hydrogens (tertiary/aromatic N) is 2. The summed E-state index contributed by atoms with van der Waals surface area (Å²) in [5.41, 5.74) is 3.52. The number of rotatable bonds is 7. The van der Waals surface area contributed by atoms with Crippen molar-refractivity contribution < 1.29 is 27.4 Å². The topological polar surface area (TPSA) is 118 Å². The molecule has 2 aromatic heterocycles. The normalized spacial score (nSPS) is 11.3. The third kappa shape index (κ3) is 5.71. The zero-order valence-corrected chi connectivity index (χ0v) is 22.1. The molecule has 0 spiro atoms. The number of ether oxygens (including phenoxy) is 1. The summed E-state index contributed by atoms with van der Waals surface area (Å²) in [4.78, 5) is 21.6. The van der Waals surface area contributed by atoms with E-state index in [-0.39, 0.29) is 34.3 Å². The van der Waals surface area contributed by atoms with Crippen molar-refractivity contribution in [2.45, 2.75) is 39.3 Å². The summed E-state index contributed by atoms with van der Waals surface area (Å²) in [5, 5.41) is 9.17. The third-order valence-electron chi connectivity index (χ3n) is 5.76. The van der Waals surface area contributed by atoms with Crippen molar-refractivity contribution in [3.8, 4) is 22.9 Å². The van der Waals surface area contributed by atoms with Crippen LogP contribution >= 0.6 is 0 Å². The summed E-state index contributed by atoms with van der Waals surface area (Å²) in [6, 6.07) is 15.0. The monoisotopic (exact) mass is 535 g/mol. The van der Waals surface area contributed by atoms with Crippen LogP contribution in [0.2, 0.25) is 0 Å². The summed E-state index contributed by atoms with van der Waals surface area (Å²) in [6.45, 7) is 6.92. The minimum atomic E-state index is -4.30. The van der Waals surface area contributed by atoms with Crippen LogP contribution < -0.4 is 9.46 Å². The van der Waals surface area contributed by atoms with Crippen molar-refractivity contribution in [2.24, 2.45) is 0 Å². The Kier molecular flexibility index (Phi) is 7.56. The highest BCUT2D eigenvalue weighted by atomic mass is 32.2. The van der Waals surface area contributed by atoms with Crippen LogP contribution in [0, 0.1) is 33.5 Å². The van der Waals surface area contributed by atoms with Crippen molar-refractivity contribution in [3.63, 3.8) is 0 Å². The zero-order chi connectivity index (χ0) is 27.6. The second kappa shape index (κ2) is 10.7. The van der Waals surface area contributed by atoms with E-state index in [1.54, 1.807) is 13.0 Å². The van der Waals surface area contributed by atoms with Crippen molar-refractivity contribution >= 4 is 15.9 Å². The molecule has 0 unspecified atom stereocenters. The molecular weight excluding hydrogens is 509 g/mol. The molecule has 2 heterocycles. The predicted octanol–water partition coefficient (Wildman–Crippen LogP) is 4.92. The van der Waals surface area contributed by atoms with Gasteiger partial charge in [-0.1, -0.05) is 29.8 Å². The number of sulfonamides is 1. The summed E-state index contributed by atoms with van der Waals surface area (Å²) < 4.78 is 48.5. The highest BCUT2D eigenvalue weighted by molar-refractivity contribution is 7.90. The van der Waals surface area contributed by atoms with Gasteiger partial charge in [0.15, 0.2) is 5.03 Å². The SMILES string of the molecule is Cc1cc(C)c(Oc2nc(-c3cc(CO)ccc3F)ccc2C(=O)NS(=O)(=O)c2cccc(C)n2)c(C)c1. The Hall–Kier alpha value is -4.15. The van der Waals surface area contributed by atoms with E-state index in [1.807, 2.05) is 37.6 Å². The molecule has 0 saturated heterocycles. The van der Waals surface area contributed by atoms with Crippen LogP contribution in [-0.2, 0) is 16.6 Å². The number of aryl methyl sites for hydroxylation is 4. The molecule has 196 valence electrons. The Morgan fingerprint density at radius 3 is 2.34 bits per heavy atom. The van der Waals surface area contributed by atoms with Gasteiger partial charge in [0.1, 0.15) is 17.1 Å². The average molecular weight is 536 g/mol. The smallest absolute Gasteiger partial charge is 0.281 e. The summed E-state index contributed by atoms with van der Waals surface area (Å²) in [7, 11) is -4.30. The number of carbonyl (C=O) groups excluding carboxylic acids is 1. The first kappa shape index (κ1) is 26.9. The maximum absolute atomic E-state index is 14.7. The molecular formula is C28H26FN3O5S. The number of benzene rings is 2. The van der Waals surface area contributed by atoms with Crippen LogP contribution in [0.3, 0.4) is 0 Å². The Bertz CT molecular complexity index is 1630. The van der Waals surface area contributed by atoms with Gasteiger partial charge in [0, 0.05) is 11.3 Å². The lowest BCUT2D eigenvalue weighted by atomic mass is 10.1. The zero-order valence-electron chi connectivity index (χ0n) is 21.2. The van der Waals surface area contributed by atoms with Crippen LogP contribution in [-0.4, -0.2) is 29.4 Å². The van der Waals surface area contributed by atoms with E-state index >= 15 is 0 Å². The van der Waals surface area contributed by atoms with Crippen molar-refractivity contribution in [3.05, 3.63) is 100.0 Å². The Labute approximate surface area is 220 Å². The van der Waals surface area contributed by atoms with Crippen LogP contribution in [0.1, 0.15) is 38.3 Å². The van der Waals surface area contributed by atoms with Gasteiger partial charge >= 0.3 is 0 Å². The third-order valence-corrected chi connectivity index (χ3v) is 6.99. The highest BCUT2D eigenvalue weighted by Gasteiger charge is 2.25. The molecule has 0 radical (unpaired) electrons. The van der Waals surface area contributed by atoms with E-state index in [4.69, 9.17) is 4.74 Å². The number of hydrogen-bond donors (Lipinski definition) is 2. The second-order valence-corrected chi connectivity index (χ2v) is 10.5. The molecule has 0 atom stereocenters. The highest BCUT2D eigenvalue weighted by Crippen LogP contribution is 2.33. The average Bonchev–Trinajstić information content (AvgIpc) is 2.86. The predicted molar refractivity (Wildman–Crippen MR) is 140 cm³/mol. The van der Waals surface area contributed by atoms with E-state index in [0.29, 0.717) is 17.0 Å². The Balaban J connectivity index is 1.81. The lowest BCUT2D eigenvalue weighted by Crippen LogP contribution is -2.31. The molecule has 1 amide bonds. The molecule has 38 heavy (non-hydrogen) atoms. The van der Waals surface area contributed by atoms with Gasteiger partial charge in [-0.15, -0.1) is 0 Å². The van der Waals surface area contributed by atoms with E-state index in [9.17, 15) is 22.7 Å². The van der Waals surface area contributed by atoms with Crippen molar-refractivity contribution in [2.75, 3.05) is 0 Å². The summed E-state index contributed by atoms with van der Waals surface area (Å²) in [5.74, 6) is -1.36. The van der Waals surface area contributed by atoms with Gasteiger partial charge in [-0.2, -0.15) is 8.42 Å². The Morgan fingerprint density at radius 1 is 0.974 bits per heavy atom. The number of aliphatic hydroxyl groups is 1. The van der Waals surface area contributed by atoms with Crippen molar-refractivity contribution in [1.29, 1.82) is 0 Å². The van der Waals surface area contributed by atoms with Crippen LogP contribution in [0.15, 0.2) is 65.7 Å². The molecule has 0 aliphatic carbocycles. The number of halogens is 1. The van der Waals surface area contributed by atoms with Gasteiger partial charge in [-0.05, 0) is 80.8 Å². The lowest BCUT2D eigenvalue weighted by Gasteiger charge is -2.16. The maximum atomic E-state index is 14.7. The largest absolute Gasteiger partial charge is 0.438 e. The number of aliphatic hydroxyl groups excluding tert-OH is 1. The second-order valence-electron chi connectivity index (χ2n) is 8.90. The van der Waals surface area contributed by atoms with Gasteiger partial charge < -0.3 is 9.84 Å². The number of amides is 1. The Morgan fingerprint density at radius 2 is 1.68 bits per heavy atom. The van der Waals surface area contributed by atoms with E-state index < -0.39 is 21.7 Å². The summed E-state index contributed by atoms with van der Waals surface area (Å²) >= 11 is 0. The molecule has 4 aromatic rings. The minimum absolute atomic E-state index is 0.0855. The van der Waals surface area contributed by atoms with Gasteiger partial charge in [0.25, 0.3) is 15.9 Å². The number of nitrogens with one attached hydrogen (secondary N) is 1. The van der Waals surface area contributed by atoms with E-state index in [0.717, 1.165) is 16.7 Å². The maximum Gasteiger partial charge on any atom is 0.281 e. The molecule has 8 nitrogen and oxygen atoms in total. The molecule has 0 saturated carbocycles. The molecule has 0 fully saturated rings.